The van der Waals surface area contributed by atoms with E-state index in [9.17, 15) is 28.2 Å². The van der Waals surface area contributed by atoms with Gasteiger partial charge in [0.05, 0.1) is 17.7 Å². The summed E-state index contributed by atoms with van der Waals surface area (Å²) in [7, 11) is 0. The lowest BCUT2D eigenvalue weighted by Gasteiger charge is -2.67. The summed E-state index contributed by atoms with van der Waals surface area (Å²) < 4.78 is 56.7. The van der Waals surface area contributed by atoms with Crippen LogP contribution >= 0.6 is 0 Å². The van der Waals surface area contributed by atoms with Gasteiger partial charge in [0, 0.05) is 5.92 Å². The number of alkyl halides is 3. The van der Waals surface area contributed by atoms with Gasteiger partial charge >= 0.3 is 12.3 Å². The van der Waals surface area contributed by atoms with Crippen LogP contribution in [0.15, 0.2) is 18.5 Å². The Labute approximate surface area is 185 Å². The molecule has 5 atom stereocenters. The lowest BCUT2D eigenvalue weighted by molar-refractivity contribution is -0.367. The zero-order valence-corrected chi connectivity index (χ0v) is 17.5. The van der Waals surface area contributed by atoms with Crippen molar-refractivity contribution in [3.05, 3.63) is 24.2 Å². The van der Waals surface area contributed by atoms with Crippen LogP contribution in [0.4, 0.5) is 23.8 Å². The third kappa shape index (κ3) is 3.09. The highest BCUT2D eigenvalue weighted by Crippen LogP contribution is 2.74. The van der Waals surface area contributed by atoms with Gasteiger partial charge in [-0.2, -0.15) is 18.3 Å². The van der Waals surface area contributed by atoms with Crippen molar-refractivity contribution in [2.24, 2.45) is 17.3 Å². The number of hydrogen-bond donors (Lipinski definition) is 3. The van der Waals surface area contributed by atoms with Gasteiger partial charge in [0.25, 0.3) is 0 Å². The molecular formula is C20H23F3N4O6. The van der Waals surface area contributed by atoms with Crippen molar-refractivity contribution in [3.8, 4) is 0 Å². The van der Waals surface area contributed by atoms with E-state index < -0.39 is 54.2 Å². The molecule has 3 saturated carbocycles. The fourth-order valence-electron chi connectivity index (χ4n) is 5.34. The number of carbonyl (C=O) groups excluding carboxylic acids is 1. The van der Waals surface area contributed by atoms with Crippen molar-refractivity contribution in [1.82, 2.24) is 14.6 Å². The number of anilines is 1. The Hall–Kier alpha value is -2.64. The molecule has 0 aromatic carbocycles. The summed E-state index contributed by atoms with van der Waals surface area (Å²) in [5, 5.41) is 25.2. The average Bonchev–Trinajstić information content (AvgIpc) is 3.21. The lowest BCUT2D eigenvalue weighted by Crippen LogP contribution is -2.69. The minimum Gasteiger partial charge on any atom is -0.434 e. The Morgan fingerprint density at radius 2 is 2.00 bits per heavy atom. The highest BCUT2D eigenvalue weighted by atomic mass is 19.4. The number of fused-ring (bicyclic) bond motifs is 1. The first kappa shape index (κ1) is 22.2. The van der Waals surface area contributed by atoms with Gasteiger partial charge in [-0.25, -0.2) is 14.3 Å². The SMILES string of the molecule is C[C@@]1(c2ccc3c(N)ncnn23)O[C@H](COC(=O)OCC2C3CC2(C(F)(F)F)C3)[C@@H](O)[C@H]1O. The molecule has 0 amide bonds. The number of nitrogens with zero attached hydrogens (tertiary/aromatic N) is 3. The monoisotopic (exact) mass is 472 g/mol. The number of ether oxygens (including phenoxy) is 3. The summed E-state index contributed by atoms with van der Waals surface area (Å²) in [4.78, 5) is 15.8. The number of nitrogen functional groups attached to an aromatic ring is 1. The average molecular weight is 472 g/mol. The lowest BCUT2D eigenvalue weighted by atomic mass is 9.37. The molecule has 3 aliphatic carbocycles. The molecule has 13 heteroatoms. The van der Waals surface area contributed by atoms with Gasteiger partial charge in [0.2, 0.25) is 0 Å². The van der Waals surface area contributed by atoms with E-state index in [2.05, 4.69) is 10.1 Å². The first-order chi connectivity index (χ1) is 15.5. The van der Waals surface area contributed by atoms with Crippen molar-refractivity contribution >= 4 is 17.5 Å². The van der Waals surface area contributed by atoms with Gasteiger partial charge in [-0.3, -0.25) is 0 Å². The number of nitrogens with two attached hydrogens (primary N) is 1. The Bertz CT molecular complexity index is 1090. The molecule has 2 aromatic heterocycles. The van der Waals surface area contributed by atoms with E-state index in [4.69, 9.17) is 19.9 Å². The Kier molecular flexibility index (Phi) is 4.82. The maximum absolute atomic E-state index is 13.2. The second-order valence-electron chi connectivity index (χ2n) is 9.16. The zero-order chi connectivity index (χ0) is 23.8. The van der Waals surface area contributed by atoms with Gasteiger partial charge in [-0.05, 0) is 37.8 Å². The molecule has 6 rings (SSSR count). The normalized spacial score (nSPS) is 37.5. The highest BCUT2D eigenvalue weighted by molar-refractivity contribution is 5.65. The van der Waals surface area contributed by atoms with Crippen LogP contribution in [0.5, 0.6) is 0 Å². The molecule has 0 spiro atoms. The van der Waals surface area contributed by atoms with Crippen LogP contribution in [0, 0.1) is 17.3 Å². The van der Waals surface area contributed by atoms with E-state index in [0.717, 1.165) is 0 Å². The van der Waals surface area contributed by atoms with Gasteiger partial charge in [-0.15, -0.1) is 0 Å². The fraction of sp³-hybridized carbons (Fsp3) is 0.650. The van der Waals surface area contributed by atoms with E-state index in [-0.39, 0.29) is 31.2 Å². The Morgan fingerprint density at radius 1 is 1.30 bits per heavy atom. The van der Waals surface area contributed by atoms with Crippen LogP contribution in [0.25, 0.3) is 5.52 Å². The number of aliphatic hydroxyl groups is 2. The first-order valence-corrected chi connectivity index (χ1v) is 10.5. The van der Waals surface area contributed by atoms with Crippen LogP contribution in [0.1, 0.15) is 25.5 Å². The van der Waals surface area contributed by atoms with Crippen LogP contribution in [0.3, 0.4) is 0 Å². The quantitative estimate of drug-likeness (QED) is 0.551. The van der Waals surface area contributed by atoms with Crippen LogP contribution in [0.2, 0.25) is 0 Å². The molecule has 2 bridgehead atoms. The molecule has 10 nitrogen and oxygen atoms in total. The Balaban J connectivity index is 1.20. The maximum Gasteiger partial charge on any atom is 0.508 e. The molecule has 4 fully saturated rings. The van der Waals surface area contributed by atoms with Crippen LogP contribution in [-0.4, -0.2) is 68.7 Å². The Morgan fingerprint density at radius 3 is 2.64 bits per heavy atom. The summed E-state index contributed by atoms with van der Waals surface area (Å²) in [5.74, 6) is -0.627. The second-order valence-corrected chi connectivity index (χ2v) is 9.16. The third-order valence-electron chi connectivity index (χ3n) is 7.50. The number of aliphatic hydroxyl groups excluding tert-OH is 2. The van der Waals surface area contributed by atoms with Gasteiger partial charge in [0.1, 0.15) is 42.4 Å². The minimum atomic E-state index is -4.32. The van der Waals surface area contributed by atoms with E-state index in [1.807, 2.05) is 0 Å². The van der Waals surface area contributed by atoms with Crippen molar-refractivity contribution in [3.63, 3.8) is 0 Å². The molecular weight excluding hydrogens is 449 g/mol. The summed E-state index contributed by atoms with van der Waals surface area (Å²) in [6.07, 6.45) is -8.02. The van der Waals surface area contributed by atoms with E-state index in [1.165, 1.54) is 10.8 Å². The van der Waals surface area contributed by atoms with Crippen LogP contribution < -0.4 is 5.73 Å². The van der Waals surface area contributed by atoms with Gasteiger partial charge in [0.15, 0.2) is 5.82 Å². The van der Waals surface area contributed by atoms with Crippen molar-refractivity contribution in [2.75, 3.05) is 18.9 Å². The molecule has 180 valence electrons. The number of rotatable bonds is 5. The van der Waals surface area contributed by atoms with E-state index in [0.29, 0.717) is 11.2 Å². The molecule has 33 heavy (non-hydrogen) atoms. The molecule has 4 N–H and O–H groups in total. The molecule has 2 aromatic rings. The van der Waals surface area contributed by atoms with Gasteiger partial charge in [-0.1, -0.05) is 0 Å². The number of aromatic nitrogens is 3. The summed E-state index contributed by atoms with van der Waals surface area (Å²) >= 11 is 0. The molecule has 1 aliphatic heterocycles. The predicted molar refractivity (Wildman–Crippen MR) is 104 cm³/mol. The topological polar surface area (TPSA) is 141 Å². The minimum absolute atomic E-state index is 0.0726. The van der Waals surface area contributed by atoms with Crippen molar-refractivity contribution < 1.29 is 42.4 Å². The van der Waals surface area contributed by atoms with E-state index >= 15 is 0 Å². The third-order valence-corrected chi connectivity index (χ3v) is 7.50. The molecule has 3 heterocycles. The first-order valence-electron chi connectivity index (χ1n) is 10.5. The standard InChI is InChI=1S/C20H23F3N4O6/c1-18(13-3-2-11-16(24)25-8-26-27(11)13)15(29)14(28)12(33-18)7-32-17(30)31-6-10-9-4-19(10,5-9)20(21,22)23/h2-3,8-10,12,14-15,28-29H,4-7H2,1H3,(H2,24,25,26)/t9?,10?,12-,14-,15-,18+,19?/m1/s1. The molecule has 1 unspecified atom stereocenters. The summed E-state index contributed by atoms with van der Waals surface area (Å²) in [5.41, 5.74) is 3.54. The molecule has 0 radical (unpaired) electrons. The smallest absolute Gasteiger partial charge is 0.434 e. The highest BCUT2D eigenvalue weighted by Gasteiger charge is 2.77. The number of hydrogen-bond acceptors (Lipinski definition) is 9. The number of carbonyl (C=O) groups is 1. The summed E-state index contributed by atoms with van der Waals surface area (Å²) in [6.45, 7) is 0.693. The largest absolute Gasteiger partial charge is 0.508 e. The zero-order valence-electron chi connectivity index (χ0n) is 17.5. The maximum atomic E-state index is 13.2. The second kappa shape index (κ2) is 7.18. The predicted octanol–water partition coefficient (Wildman–Crippen LogP) is 1.39. The van der Waals surface area contributed by atoms with E-state index in [1.54, 1.807) is 19.1 Å². The summed E-state index contributed by atoms with van der Waals surface area (Å²) in [6, 6.07) is 3.26. The molecule has 1 saturated heterocycles. The van der Waals surface area contributed by atoms with Crippen molar-refractivity contribution in [2.45, 2.75) is 49.9 Å². The number of halogens is 3. The fourth-order valence-corrected chi connectivity index (χ4v) is 5.34. The van der Waals surface area contributed by atoms with Crippen molar-refractivity contribution in [1.29, 1.82) is 0 Å². The van der Waals surface area contributed by atoms with Gasteiger partial charge < -0.3 is 30.2 Å². The van der Waals surface area contributed by atoms with Crippen LogP contribution in [-0.2, 0) is 19.8 Å². The molecule has 4 aliphatic rings.